The van der Waals surface area contributed by atoms with E-state index in [1.165, 1.54) is 6.07 Å². The average Bonchev–Trinajstić information content (AvgIpc) is 2.66. The third-order valence-electron chi connectivity index (χ3n) is 4.43. The zero-order valence-corrected chi connectivity index (χ0v) is 15.9. The second-order valence-corrected chi connectivity index (χ2v) is 6.43. The molecule has 1 saturated heterocycles. The van der Waals surface area contributed by atoms with Gasteiger partial charge in [0.1, 0.15) is 6.10 Å². The lowest BCUT2D eigenvalue weighted by Gasteiger charge is -2.34. The maximum atomic E-state index is 13.7. The quantitative estimate of drug-likeness (QED) is 0.545. The lowest BCUT2D eigenvalue weighted by molar-refractivity contribution is -0.0828. The van der Waals surface area contributed by atoms with Gasteiger partial charge in [-0.3, -0.25) is 4.99 Å². The van der Waals surface area contributed by atoms with E-state index in [0.717, 1.165) is 19.4 Å². The highest BCUT2D eigenvalue weighted by Gasteiger charge is 2.32. The fourth-order valence-electron chi connectivity index (χ4n) is 2.77. The molecule has 1 aromatic rings. The minimum absolute atomic E-state index is 0.213. The van der Waals surface area contributed by atoms with Crippen LogP contribution < -0.4 is 15.4 Å². The van der Waals surface area contributed by atoms with Gasteiger partial charge in [0, 0.05) is 39.7 Å². The Morgan fingerprint density at radius 2 is 2.04 bits per heavy atom. The Morgan fingerprint density at radius 3 is 2.69 bits per heavy atom. The number of nitrogens with one attached hydrogen (secondary N) is 2. The van der Waals surface area contributed by atoms with Gasteiger partial charge in [-0.2, -0.15) is 0 Å². The molecule has 1 heterocycles. The van der Waals surface area contributed by atoms with E-state index >= 15 is 0 Å². The molecule has 1 aromatic carbocycles. The number of benzene rings is 1. The summed E-state index contributed by atoms with van der Waals surface area (Å²) in [6, 6.07) is 6.41. The number of methoxy groups -OCH3 is 1. The smallest absolute Gasteiger partial charge is 0.191 e. The van der Waals surface area contributed by atoms with Crippen molar-refractivity contribution in [1.82, 2.24) is 10.6 Å². The molecule has 0 aliphatic carbocycles. The summed E-state index contributed by atoms with van der Waals surface area (Å²) >= 11 is 0. The molecule has 26 heavy (non-hydrogen) atoms. The van der Waals surface area contributed by atoms with E-state index < -0.39 is 0 Å². The summed E-state index contributed by atoms with van der Waals surface area (Å²) in [7, 11) is 1.73. The molecule has 7 heteroatoms. The van der Waals surface area contributed by atoms with E-state index in [2.05, 4.69) is 15.6 Å². The third kappa shape index (κ3) is 6.14. The second-order valence-electron chi connectivity index (χ2n) is 6.43. The largest absolute Gasteiger partial charge is 0.486 e. The summed E-state index contributed by atoms with van der Waals surface area (Å²) in [4.78, 5) is 4.66. The highest BCUT2D eigenvalue weighted by molar-refractivity contribution is 5.79. The van der Waals surface area contributed by atoms with Gasteiger partial charge in [-0.25, -0.2) is 4.39 Å². The maximum absolute atomic E-state index is 13.7. The van der Waals surface area contributed by atoms with Gasteiger partial charge < -0.3 is 24.8 Å². The molecular formula is C19H30FN3O3. The molecule has 0 radical (unpaired) electrons. The molecule has 2 N–H and O–H groups in total. The van der Waals surface area contributed by atoms with Gasteiger partial charge in [0.25, 0.3) is 0 Å². The number of nitrogens with zero attached hydrogens (tertiary/aromatic N) is 1. The van der Waals surface area contributed by atoms with Crippen LogP contribution in [0.15, 0.2) is 29.3 Å². The standard InChI is InChI=1S/C19H30FN3O3/c1-4-21-18(23-14-19(24-3)9-11-25-12-10-19)22-13-15(2)26-17-8-6-5-7-16(17)20/h5-8,15H,4,9-14H2,1-3H3,(H2,21,22,23). The van der Waals surface area contributed by atoms with Crippen LogP contribution >= 0.6 is 0 Å². The number of hydrogen-bond donors (Lipinski definition) is 2. The van der Waals surface area contributed by atoms with Crippen LogP contribution in [0.3, 0.4) is 0 Å². The van der Waals surface area contributed by atoms with Crippen LogP contribution in [0.4, 0.5) is 4.39 Å². The predicted molar refractivity (Wildman–Crippen MR) is 100 cm³/mol. The number of hydrogen-bond acceptors (Lipinski definition) is 4. The van der Waals surface area contributed by atoms with E-state index in [0.29, 0.717) is 32.3 Å². The van der Waals surface area contributed by atoms with E-state index in [1.54, 1.807) is 25.3 Å². The molecule has 146 valence electrons. The van der Waals surface area contributed by atoms with Gasteiger partial charge in [-0.15, -0.1) is 0 Å². The lowest BCUT2D eigenvalue weighted by atomic mass is 9.94. The first-order chi connectivity index (χ1) is 12.6. The molecule has 6 nitrogen and oxygen atoms in total. The first-order valence-electron chi connectivity index (χ1n) is 9.15. The molecule has 0 bridgehead atoms. The molecule has 0 aromatic heterocycles. The topological polar surface area (TPSA) is 64.1 Å². The van der Waals surface area contributed by atoms with Crippen molar-refractivity contribution in [2.45, 2.75) is 38.4 Å². The third-order valence-corrected chi connectivity index (χ3v) is 4.43. The van der Waals surface area contributed by atoms with Gasteiger partial charge in [0.05, 0.1) is 18.7 Å². The van der Waals surface area contributed by atoms with Crippen molar-refractivity contribution in [1.29, 1.82) is 0 Å². The Balaban J connectivity index is 1.89. The van der Waals surface area contributed by atoms with Crippen LogP contribution in [-0.4, -0.2) is 57.6 Å². The molecule has 1 atom stereocenters. The fourth-order valence-corrected chi connectivity index (χ4v) is 2.77. The van der Waals surface area contributed by atoms with Crippen molar-refractivity contribution >= 4 is 5.96 Å². The van der Waals surface area contributed by atoms with Crippen molar-refractivity contribution < 1.29 is 18.6 Å². The number of ether oxygens (including phenoxy) is 3. The lowest BCUT2D eigenvalue weighted by Crippen LogP contribution is -2.45. The molecular weight excluding hydrogens is 337 g/mol. The SMILES string of the molecule is CCNC(=NCC1(OC)CCOCC1)NCC(C)Oc1ccccc1F. The number of rotatable bonds is 8. The molecule has 1 aliphatic heterocycles. The molecule has 1 aliphatic rings. The molecule has 1 unspecified atom stereocenters. The number of aliphatic imine (C=N–C) groups is 1. The van der Waals surface area contributed by atoms with Crippen molar-refractivity contribution in [3.05, 3.63) is 30.1 Å². The second kappa shape index (κ2) is 10.3. The highest BCUT2D eigenvalue weighted by atomic mass is 19.1. The molecule has 2 rings (SSSR count). The van der Waals surface area contributed by atoms with Gasteiger partial charge in [0.2, 0.25) is 0 Å². The maximum Gasteiger partial charge on any atom is 0.191 e. The van der Waals surface area contributed by atoms with Crippen LogP contribution in [-0.2, 0) is 9.47 Å². The van der Waals surface area contributed by atoms with Crippen molar-refractivity contribution in [2.75, 3.05) is 40.0 Å². The molecule has 0 spiro atoms. The van der Waals surface area contributed by atoms with Gasteiger partial charge in [-0.05, 0) is 26.0 Å². The fraction of sp³-hybridized carbons (Fsp3) is 0.632. The molecule has 0 saturated carbocycles. The van der Waals surface area contributed by atoms with Crippen LogP contribution in [0.25, 0.3) is 0 Å². The Hall–Kier alpha value is -1.86. The number of halogens is 1. The molecule has 1 fully saturated rings. The summed E-state index contributed by atoms with van der Waals surface area (Å²) in [5.41, 5.74) is -0.268. The van der Waals surface area contributed by atoms with Crippen molar-refractivity contribution in [3.8, 4) is 5.75 Å². The Bertz CT molecular complexity index is 577. The van der Waals surface area contributed by atoms with Gasteiger partial charge in [-0.1, -0.05) is 12.1 Å². The van der Waals surface area contributed by atoms with E-state index in [9.17, 15) is 4.39 Å². The first-order valence-corrected chi connectivity index (χ1v) is 9.15. The van der Waals surface area contributed by atoms with Crippen LogP contribution in [0, 0.1) is 5.82 Å². The minimum Gasteiger partial charge on any atom is -0.486 e. The van der Waals surface area contributed by atoms with Crippen LogP contribution in [0.1, 0.15) is 26.7 Å². The summed E-state index contributed by atoms with van der Waals surface area (Å²) in [6.45, 7) is 7.10. The summed E-state index contributed by atoms with van der Waals surface area (Å²) in [6.07, 6.45) is 1.45. The van der Waals surface area contributed by atoms with Crippen molar-refractivity contribution in [2.24, 2.45) is 4.99 Å². The monoisotopic (exact) mass is 367 g/mol. The minimum atomic E-state index is -0.360. The summed E-state index contributed by atoms with van der Waals surface area (Å²) < 4.78 is 30.5. The van der Waals surface area contributed by atoms with Gasteiger partial charge >= 0.3 is 0 Å². The van der Waals surface area contributed by atoms with Gasteiger partial charge in [0.15, 0.2) is 17.5 Å². The van der Waals surface area contributed by atoms with Crippen LogP contribution in [0.5, 0.6) is 5.75 Å². The summed E-state index contributed by atoms with van der Waals surface area (Å²) in [5, 5.41) is 6.46. The Kier molecular flexibility index (Phi) is 8.12. The van der Waals surface area contributed by atoms with E-state index in [4.69, 9.17) is 14.2 Å². The zero-order valence-electron chi connectivity index (χ0n) is 15.9. The molecule has 0 amide bonds. The van der Waals surface area contributed by atoms with E-state index in [1.807, 2.05) is 13.8 Å². The zero-order chi connectivity index (χ0) is 18.8. The van der Waals surface area contributed by atoms with E-state index in [-0.39, 0.29) is 23.3 Å². The first kappa shape index (κ1) is 20.5. The highest BCUT2D eigenvalue weighted by Crippen LogP contribution is 2.24. The van der Waals surface area contributed by atoms with Crippen molar-refractivity contribution in [3.63, 3.8) is 0 Å². The number of guanidine groups is 1. The Labute approximate surface area is 155 Å². The predicted octanol–water partition coefficient (Wildman–Crippen LogP) is 2.34. The van der Waals surface area contributed by atoms with Crippen LogP contribution in [0.2, 0.25) is 0 Å². The Morgan fingerprint density at radius 1 is 1.31 bits per heavy atom. The average molecular weight is 367 g/mol. The normalized spacial score (nSPS) is 18.2. The summed E-state index contributed by atoms with van der Waals surface area (Å²) in [5.74, 6) is 0.588. The number of para-hydroxylation sites is 1.